The lowest BCUT2D eigenvalue weighted by Gasteiger charge is -2.47. The second kappa shape index (κ2) is 32.6. The summed E-state index contributed by atoms with van der Waals surface area (Å²) in [5.74, 6) is -7.59. The molecular weight excluding hydrogens is 1490 g/mol. The number of hydrogen-bond acceptors (Lipinski definition) is 17. The fourth-order valence-electron chi connectivity index (χ4n) is 12.3. The Morgan fingerprint density at radius 3 is 1.03 bits per heavy atom. The van der Waals surface area contributed by atoms with E-state index in [1.165, 1.54) is 12.2 Å². The molecular formula is C65H60F18N6O12S3. The van der Waals surface area contributed by atoms with Gasteiger partial charge in [0.15, 0.2) is 0 Å². The number of likely N-dealkylation sites (tertiary alicyclic amines) is 3. The molecule has 0 bridgehead atoms. The van der Waals surface area contributed by atoms with Gasteiger partial charge in [0, 0.05) is 110 Å². The fourth-order valence-corrected chi connectivity index (χ4v) is 14.3. The largest absolute Gasteiger partial charge is 0.478 e. The van der Waals surface area contributed by atoms with Gasteiger partial charge in [0.2, 0.25) is 16.8 Å². The number of halogens is 18. The molecule has 6 aromatic rings. The van der Waals surface area contributed by atoms with Gasteiger partial charge in [-0.2, -0.15) is 79.0 Å². The van der Waals surface area contributed by atoms with Gasteiger partial charge in [-0.05, 0) is 56.7 Å². The SMILES string of the molecule is C=CC[C@H]1N(C(=O)c2cnccc2C(F)(F)F)CCC[C@@]1(Oc1csc(C(F)(F)F)c1)C(=O)OC.C=CC[C@H]1N(C(=O)c2cnccc2C(F)(F)F)CCC[C@@]1(Oc1csc(C(F)(F)F)c1)C(=O)OC.CCC[C@H]1N(C(=O)c2cnccc2C(F)(F)F)CCC[C@@]1(Oc1csc(C(F)(F)F)c1)C(=O)O. The Morgan fingerprint density at radius 1 is 0.490 bits per heavy atom. The van der Waals surface area contributed by atoms with Crippen molar-refractivity contribution in [1.82, 2.24) is 29.7 Å². The number of rotatable bonds is 18. The number of thiophene rings is 3. The number of carbonyl (C=O) groups excluding carboxylic acids is 5. The lowest BCUT2D eigenvalue weighted by atomic mass is 9.81. The van der Waals surface area contributed by atoms with Crippen LogP contribution in [-0.4, -0.2) is 139 Å². The third-order valence-corrected chi connectivity index (χ3v) is 19.5. The zero-order chi connectivity index (χ0) is 77.3. The summed E-state index contributed by atoms with van der Waals surface area (Å²) in [6.45, 7) is 8.73. The van der Waals surface area contributed by atoms with Gasteiger partial charge in [0.05, 0.1) is 65.7 Å². The van der Waals surface area contributed by atoms with Gasteiger partial charge in [-0.15, -0.1) is 47.2 Å². The zero-order valence-electron chi connectivity index (χ0n) is 54.3. The maximum Gasteiger partial charge on any atom is 0.425 e. The van der Waals surface area contributed by atoms with Crippen LogP contribution in [0.5, 0.6) is 17.2 Å². The van der Waals surface area contributed by atoms with Crippen LogP contribution in [0.1, 0.15) is 134 Å². The first-order chi connectivity index (χ1) is 48.5. The number of aromatic nitrogens is 3. The van der Waals surface area contributed by atoms with Crippen LogP contribution in [0.25, 0.3) is 0 Å². The van der Waals surface area contributed by atoms with E-state index in [2.05, 4.69) is 28.1 Å². The monoisotopic (exact) mass is 1550 g/mol. The van der Waals surface area contributed by atoms with Crippen molar-refractivity contribution in [2.45, 2.75) is 143 Å². The summed E-state index contributed by atoms with van der Waals surface area (Å²) < 4.78 is 266. The molecule has 0 saturated carbocycles. The van der Waals surface area contributed by atoms with Crippen LogP contribution >= 0.6 is 34.0 Å². The highest BCUT2D eigenvalue weighted by molar-refractivity contribution is 7.10. The molecule has 0 aromatic carbocycles. The maximum atomic E-state index is 13.5. The van der Waals surface area contributed by atoms with Gasteiger partial charge in [-0.1, -0.05) is 25.5 Å². The minimum Gasteiger partial charge on any atom is -0.478 e. The number of pyridine rings is 3. The van der Waals surface area contributed by atoms with Gasteiger partial charge >= 0.3 is 55.0 Å². The minimum atomic E-state index is -4.85. The number of esters is 2. The molecule has 104 heavy (non-hydrogen) atoms. The molecule has 6 atom stereocenters. The Labute approximate surface area is 590 Å². The molecule has 9 rings (SSSR count). The summed E-state index contributed by atoms with van der Waals surface area (Å²) >= 11 is 1.02. The average molecular weight is 1560 g/mol. The van der Waals surface area contributed by atoms with Crippen LogP contribution in [-0.2, 0) is 60.9 Å². The fraction of sp³-hybridized carbons (Fsp3) is 0.431. The third kappa shape index (κ3) is 18.2. The number of piperidine rings is 3. The Bertz CT molecular complexity index is 3890. The molecule has 9 heterocycles. The van der Waals surface area contributed by atoms with E-state index in [0.717, 1.165) is 82.2 Å². The molecule has 0 radical (unpaired) electrons. The van der Waals surface area contributed by atoms with Crippen molar-refractivity contribution in [3.63, 3.8) is 0 Å². The lowest BCUT2D eigenvalue weighted by molar-refractivity contribution is -0.170. The summed E-state index contributed by atoms with van der Waals surface area (Å²) in [6.07, 6.45) is -20.7. The number of hydrogen-bond donors (Lipinski definition) is 1. The second-order valence-corrected chi connectivity index (χ2v) is 25.9. The maximum absolute atomic E-state index is 13.5. The van der Waals surface area contributed by atoms with E-state index in [4.69, 9.17) is 23.7 Å². The number of alkyl halides is 18. The number of methoxy groups -OCH3 is 2. The molecule has 6 aromatic heterocycles. The van der Waals surface area contributed by atoms with E-state index in [-0.39, 0.29) is 94.7 Å². The van der Waals surface area contributed by atoms with Gasteiger partial charge < -0.3 is 43.5 Å². The van der Waals surface area contributed by atoms with Crippen molar-refractivity contribution in [1.29, 1.82) is 0 Å². The molecule has 39 heteroatoms. The number of amides is 3. The van der Waals surface area contributed by atoms with E-state index < -0.39 is 156 Å². The van der Waals surface area contributed by atoms with Gasteiger partial charge in [0.25, 0.3) is 17.7 Å². The number of carbonyl (C=O) groups is 6. The number of carboxylic acids is 1. The molecule has 0 spiro atoms. The molecule has 3 amide bonds. The van der Waals surface area contributed by atoms with Gasteiger partial charge in [0.1, 0.15) is 31.9 Å². The molecule has 3 aliphatic heterocycles. The summed E-state index contributed by atoms with van der Waals surface area (Å²) in [7, 11) is 2.08. The van der Waals surface area contributed by atoms with Crippen LogP contribution in [0, 0.1) is 0 Å². The van der Waals surface area contributed by atoms with Gasteiger partial charge in [-0.3, -0.25) is 29.3 Å². The van der Waals surface area contributed by atoms with Crippen molar-refractivity contribution >= 4 is 69.6 Å². The summed E-state index contributed by atoms with van der Waals surface area (Å²) in [4.78, 5) is 89.3. The number of aliphatic carboxylic acids is 1. The first-order valence-electron chi connectivity index (χ1n) is 30.6. The summed E-state index contributed by atoms with van der Waals surface area (Å²) in [5, 5.41) is 13.2. The minimum absolute atomic E-state index is 0.0376. The number of ether oxygens (including phenoxy) is 5. The third-order valence-electron chi connectivity index (χ3n) is 16.7. The number of carboxylic acid groups (broad SMARTS) is 1. The number of nitrogens with zero attached hydrogens (tertiary/aromatic N) is 6. The van der Waals surface area contributed by atoms with Crippen molar-refractivity contribution in [2.24, 2.45) is 0 Å². The smallest absolute Gasteiger partial charge is 0.425 e. The first kappa shape index (κ1) is 82.3. The average Bonchev–Trinajstić information content (AvgIpc) is 0.773. The lowest BCUT2D eigenvalue weighted by Crippen LogP contribution is -2.65. The highest BCUT2D eigenvalue weighted by Crippen LogP contribution is 2.47. The molecule has 0 aliphatic carbocycles. The van der Waals surface area contributed by atoms with Crippen molar-refractivity contribution in [3.05, 3.63) is 163 Å². The van der Waals surface area contributed by atoms with Crippen molar-refractivity contribution in [2.75, 3.05) is 33.9 Å². The molecule has 1 N–H and O–H groups in total. The van der Waals surface area contributed by atoms with E-state index in [9.17, 15) is 113 Å². The molecule has 3 saturated heterocycles. The molecule has 0 unspecified atom stereocenters. The standard InChI is InChI=1S/2C22H20F6N2O4S.C21H20F6N2O4S/c2*1-3-5-16-20(19(32)33-2,34-13-10-17(35-12-13)22(26,27)28)7-4-9-30(16)18(31)14-11-29-8-6-15(14)21(23,24)25;1-2-4-15-19(18(31)32,33-12-9-16(34-11-12)21(25,26)27)6-3-8-29(15)17(30)13-10-28-7-5-14(13)20(22,23)24/h2*3,6,8,10-12,16H,1,4-5,7,9H2,2H3;5,7,9-11,15H,2-4,6,8H2,1H3,(H,31,32)/t2*16-,20+;15-,19+/m111/s1. The quantitative estimate of drug-likeness (QED) is 0.0481. The Hall–Kier alpha value is -9.01. The highest BCUT2D eigenvalue weighted by Gasteiger charge is 2.59. The Balaban J connectivity index is 0.000000218. The van der Waals surface area contributed by atoms with Gasteiger partial charge in [-0.25, -0.2) is 14.4 Å². The highest BCUT2D eigenvalue weighted by atomic mass is 32.1. The molecule has 18 nitrogen and oxygen atoms in total. The van der Waals surface area contributed by atoms with Crippen molar-refractivity contribution in [3.8, 4) is 17.2 Å². The second-order valence-electron chi connectivity index (χ2n) is 23.1. The zero-order valence-corrected chi connectivity index (χ0v) is 56.8. The molecule has 566 valence electrons. The predicted octanol–water partition coefficient (Wildman–Crippen LogP) is 16.2. The Kier molecular flexibility index (Phi) is 25.8. The van der Waals surface area contributed by atoms with E-state index in [1.54, 1.807) is 6.92 Å². The summed E-state index contributed by atoms with van der Waals surface area (Å²) in [6, 6.07) is 0.397. The van der Waals surface area contributed by atoms with E-state index in [0.29, 0.717) is 76.8 Å². The molecule has 3 aliphatic rings. The molecule has 3 fully saturated rings. The first-order valence-corrected chi connectivity index (χ1v) is 33.3. The van der Waals surface area contributed by atoms with Crippen LogP contribution in [0.3, 0.4) is 0 Å². The van der Waals surface area contributed by atoms with E-state index in [1.807, 2.05) is 0 Å². The summed E-state index contributed by atoms with van der Waals surface area (Å²) in [5.41, 5.74) is -12.0. The van der Waals surface area contributed by atoms with Crippen molar-refractivity contribution < 1.29 is 137 Å². The Morgan fingerprint density at radius 2 is 0.779 bits per heavy atom. The van der Waals surface area contributed by atoms with Crippen LogP contribution in [0.2, 0.25) is 0 Å². The van der Waals surface area contributed by atoms with Crippen LogP contribution in [0.4, 0.5) is 79.0 Å². The van der Waals surface area contributed by atoms with Crippen LogP contribution in [0.15, 0.2) is 115 Å². The topological polar surface area (TPSA) is 217 Å². The normalized spacial score (nSPS) is 21.0. The van der Waals surface area contributed by atoms with E-state index >= 15 is 0 Å². The van der Waals surface area contributed by atoms with Crippen LogP contribution < -0.4 is 14.2 Å². The predicted molar refractivity (Wildman–Crippen MR) is 334 cm³/mol.